The minimum atomic E-state index is 0. The average molecular weight is 408 g/mol. The Morgan fingerprint density at radius 3 is 2.10 bits per heavy atom. The molecule has 0 aliphatic rings. The number of amidine groups is 1. The van der Waals surface area contributed by atoms with Crippen molar-refractivity contribution in [3.05, 3.63) is 29.8 Å². The maximum Gasteiger partial charge on any atom is 0.122 e. The Hall–Kier alpha value is -0.550. The van der Waals surface area contributed by atoms with Crippen LogP contribution in [0.15, 0.2) is 24.3 Å². The van der Waals surface area contributed by atoms with E-state index >= 15 is 0 Å². The van der Waals surface area contributed by atoms with E-state index in [1.54, 1.807) is 0 Å². The Kier molecular flexibility index (Phi) is 11.9. The number of nitrogen functional groups attached to an aromatic ring is 1. The van der Waals surface area contributed by atoms with Crippen LogP contribution in [-0.4, -0.2) is 17.8 Å². The second-order valence-corrected chi connectivity index (χ2v) is 5.39. The molecule has 1 aromatic rings. The molecule has 0 aromatic heterocycles. The largest absolute Gasteiger partial charge is 0.494 e. The number of hydrogen-bond acceptors (Lipinski definition) is 2. The number of alkyl halides is 1. The first-order valence-corrected chi connectivity index (χ1v) is 7.99. The zero-order valence-electron chi connectivity index (χ0n) is 11.7. The van der Waals surface area contributed by atoms with Crippen LogP contribution in [0, 0.1) is 5.41 Å². The third-order valence-corrected chi connectivity index (χ3v) is 3.52. The van der Waals surface area contributed by atoms with Crippen LogP contribution in [-0.2, 0) is 0 Å². The van der Waals surface area contributed by atoms with Crippen LogP contribution in [0.4, 0.5) is 0 Å². The van der Waals surface area contributed by atoms with Crippen LogP contribution in [0.3, 0.4) is 0 Å². The summed E-state index contributed by atoms with van der Waals surface area (Å²) in [4.78, 5) is 0. The summed E-state index contributed by atoms with van der Waals surface area (Å²) in [7, 11) is 0. The molecule has 0 aliphatic carbocycles. The number of nitrogens with two attached hydrogens (primary N) is 1. The maximum absolute atomic E-state index is 7.30. The molecule has 1 rings (SSSR count). The molecule has 0 spiro atoms. The molecule has 0 unspecified atom stereocenters. The second-order valence-electron chi connectivity index (χ2n) is 4.60. The maximum atomic E-state index is 7.30. The van der Waals surface area contributed by atoms with E-state index in [1.807, 2.05) is 24.3 Å². The van der Waals surface area contributed by atoms with Crippen molar-refractivity contribution in [1.82, 2.24) is 0 Å². The molecule has 5 heteroatoms. The van der Waals surface area contributed by atoms with Crippen LogP contribution >= 0.6 is 32.9 Å². The summed E-state index contributed by atoms with van der Waals surface area (Å²) in [5.41, 5.74) is 6.13. The van der Waals surface area contributed by atoms with E-state index in [0.717, 1.165) is 29.7 Å². The normalized spacial score (nSPS) is 9.85. The predicted octanol–water partition coefficient (Wildman–Crippen LogP) is 4.66. The van der Waals surface area contributed by atoms with E-state index in [9.17, 15) is 0 Å². The number of nitrogens with one attached hydrogen (secondary N) is 1. The fraction of sp³-hybridized carbons (Fsp3) is 0.533. The highest BCUT2D eigenvalue weighted by molar-refractivity contribution is 9.09. The summed E-state index contributed by atoms with van der Waals surface area (Å²) in [6.07, 6.45) is 7.53. The van der Waals surface area contributed by atoms with Gasteiger partial charge in [-0.1, -0.05) is 41.6 Å². The monoisotopic (exact) mass is 406 g/mol. The fourth-order valence-electron chi connectivity index (χ4n) is 1.82. The van der Waals surface area contributed by atoms with Gasteiger partial charge in [0.05, 0.1) is 6.61 Å². The first kappa shape index (κ1) is 19.4. The second kappa shape index (κ2) is 12.2. The van der Waals surface area contributed by atoms with Crippen LogP contribution in [0.25, 0.3) is 0 Å². The standard InChI is InChI=1S/C15H23BrN2O.BrH/c16-11-5-3-1-2-4-6-12-19-14-9-7-13(8-10-14)15(17)18;/h7-10H,1-6,11-12H2,(H3,17,18);1H. The molecule has 1 aromatic carbocycles. The third-order valence-electron chi connectivity index (χ3n) is 2.96. The molecule has 0 atom stereocenters. The van der Waals surface area contributed by atoms with Gasteiger partial charge in [-0.3, -0.25) is 5.41 Å². The van der Waals surface area contributed by atoms with Gasteiger partial charge in [0, 0.05) is 10.9 Å². The van der Waals surface area contributed by atoms with Gasteiger partial charge in [-0.05, 0) is 37.1 Å². The predicted molar refractivity (Wildman–Crippen MR) is 94.8 cm³/mol. The lowest BCUT2D eigenvalue weighted by molar-refractivity contribution is 0.304. The lowest BCUT2D eigenvalue weighted by Gasteiger charge is -2.07. The van der Waals surface area contributed by atoms with Crippen LogP contribution in [0.1, 0.15) is 44.1 Å². The number of ether oxygens (including phenoxy) is 1. The minimum absolute atomic E-state index is 0. The van der Waals surface area contributed by atoms with Gasteiger partial charge in [-0.15, -0.1) is 17.0 Å². The Morgan fingerprint density at radius 2 is 1.55 bits per heavy atom. The molecular weight excluding hydrogens is 384 g/mol. The number of rotatable bonds is 10. The first-order chi connectivity index (χ1) is 9.24. The van der Waals surface area contributed by atoms with Crippen molar-refractivity contribution in [3.8, 4) is 5.75 Å². The number of benzene rings is 1. The molecule has 0 amide bonds. The lowest BCUT2D eigenvalue weighted by Crippen LogP contribution is -2.10. The summed E-state index contributed by atoms with van der Waals surface area (Å²) < 4.78 is 5.65. The highest BCUT2D eigenvalue weighted by Crippen LogP contribution is 2.13. The van der Waals surface area contributed by atoms with Gasteiger partial charge < -0.3 is 10.5 Å². The van der Waals surface area contributed by atoms with Gasteiger partial charge >= 0.3 is 0 Å². The van der Waals surface area contributed by atoms with Crippen molar-refractivity contribution < 1.29 is 4.74 Å². The smallest absolute Gasteiger partial charge is 0.122 e. The van der Waals surface area contributed by atoms with Crippen LogP contribution < -0.4 is 10.5 Å². The molecule has 3 nitrogen and oxygen atoms in total. The highest BCUT2D eigenvalue weighted by atomic mass is 79.9. The van der Waals surface area contributed by atoms with E-state index in [-0.39, 0.29) is 22.8 Å². The van der Waals surface area contributed by atoms with Gasteiger partial charge in [0.2, 0.25) is 0 Å². The van der Waals surface area contributed by atoms with Gasteiger partial charge in [-0.25, -0.2) is 0 Å². The van der Waals surface area contributed by atoms with Gasteiger partial charge in [-0.2, -0.15) is 0 Å². The number of halogens is 2. The summed E-state index contributed by atoms with van der Waals surface area (Å²) in [6, 6.07) is 7.37. The molecule has 114 valence electrons. The average Bonchev–Trinajstić information content (AvgIpc) is 2.42. The van der Waals surface area contributed by atoms with E-state index in [2.05, 4.69) is 15.9 Å². The molecular formula is C15H24Br2N2O. The SMILES string of the molecule is Br.N=C(N)c1ccc(OCCCCCCCCBr)cc1. The van der Waals surface area contributed by atoms with Crippen molar-refractivity contribution >= 4 is 38.7 Å². The van der Waals surface area contributed by atoms with Crippen molar-refractivity contribution in [3.63, 3.8) is 0 Å². The Bertz CT molecular complexity index is 369. The topological polar surface area (TPSA) is 59.1 Å². The minimum Gasteiger partial charge on any atom is -0.494 e. The zero-order chi connectivity index (χ0) is 13.9. The lowest BCUT2D eigenvalue weighted by atomic mass is 10.1. The van der Waals surface area contributed by atoms with Crippen molar-refractivity contribution in [2.24, 2.45) is 5.73 Å². The molecule has 3 N–H and O–H groups in total. The van der Waals surface area contributed by atoms with Crippen LogP contribution in [0.5, 0.6) is 5.75 Å². The Morgan fingerprint density at radius 1 is 1.00 bits per heavy atom. The summed E-state index contributed by atoms with van der Waals surface area (Å²) >= 11 is 3.44. The quantitative estimate of drug-likeness (QED) is 0.256. The van der Waals surface area contributed by atoms with Gasteiger partial charge in [0.25, 0.3) is 0 Å². The van der Waals surface area contributed by atoms with E-state index < -0.39 is 0 Å². The molecule has 0 heterocycles. The summed E-state index contributed by atoms with van der Waals surface area (Å²) in [5, 5.41) is 8.42. The number of hydrogen-bond donors (Lipinski definition) is 2. The highest BCUT2D eigenvalue weighted by Gasteiger charge is 1.98. The van der Waals surface area contributed by atoms with E-state index in [4.69, 9.17) is 15.9 Å². The summed E-state index contributed by atoms with van der Waals surface area (Å²) in [6.45, 7) is 0.762. The summed E-state index contributed by atoms with van der Waals surface area (Å²) in [5.74, 6) is 0.944. The van der Waals surface area contributed by atoms with Crippen molar-refractivity contribution in [1.29, 1.82) is 5.41 Å². The van der Waals surface area contributed by atoms with Gasteiger partial charge in [0.15, 0.2) is 0 Å². The molecule has 0 bridgehead atoms. The van der Waals surface area contributed by atoms with Crippen molar-refractivity contribution in [2.45, 2.75) is 38.5 Å². The molecule has 0 saturated heterocycles. The van der Waals surface area contributed by atoms with Crippen LogP contribution in [0.2, 0.25) is 0 Å². The van der Waals surface area contributed by atoms with Gasteiger partial charge in [0.1, 0.15) is 11.6 Å². The third kappa shape index (κ3) is 8.59. The molecule has 0 radical (unpaired) electrons. The fourth-order valence-corrected chi connectivity index (χ4v) is 2.22. The Labute approximate surface area is 140 Å². The molecule has 0 saturated carbocycles. The molecule has 0 fully saturated rings. The van der Waals surface area contributed by atoms with Crippen molar-refractivity contribution in [2.75, 3.05) is 11.9 Å². The Balaban J connectivity index is 0.00000361. The van der Waals surface area contributed by atoms with E-state index in [1.165, 1.54) is 32.1 Å². The zero-order valence-corrected chi connectivity index (χ0v) is 15.0. The number of unbranched alkanes of at least 4 members (excludes halogenated alkanes) is 5. The van der Waals surface area contributed by atoms with E-state index in [0.29, 0.717) is 0 Å². The first-order valence-electron chi connectivity index (χ1n) is 6.87. The molecule has 20 heavy (non-hydrogen) atoms. The molecule has 0 aliphatic heterocycles.